The van der Waals surface area contributed by atoms with Gasteiger partial charge in [-0.1, -0.05) is 41.4 Å². The quantitative estimate of drug-likeness (QED) is 0.378. The number of anilines is 1. The van der Waals surface area contributed by atoms with Crippen molar-refractivity contribution in [3.05, 3.63) is 79.4 Å². The van der Waals surface area contributed by atoms with Gasteiger partial charge in [-0.2, -0.15) is 0 Å². The molecule has 4 aliphatic rings. The maximum absolute atomic E-state index is 14.3. The Kier molecular flexibility index (Phi) is 7.22. The average Bonchev–Trinajstić information content (AvgIpc) is 3.18. The van der Waals surface area contributed by atoms with Gasteiger partial charge in [0, 0.05) is 44.1 Å². The number of hydrogen-bond acceptors (Lipinski definition) is 4. The third-order valence-electron chi connectivity index (χ3n) is 8.13. The number of piperidine rings is 1. The normalized spacial score (nSPS) is 29.0. The third-order valence-corrected chi connectivity index (χ3v) is 9.32. The van der Waals surface area contributed by atoms with Crippen LogP contribution < -0.4 is 15.4 Å². The molecule has 0 aromatic heterocycles. The van der Waals surface area contributed by atoms with Crippen LogP contribution in [0.5, 0.6) is 5.75 Å². The summed E-state index contributed by atoms with van der Waals surface area (Å²) >= 11 is 15.1. The predicted molar refractivity (Wildman–Crippen MR) is 156 cm³/mol. The Hall–Kier alpha value is -2.07. The molecule has 2 aromatic rings. The number of hydrogen-bond donors (Lipinski definition) is 2. The van der Waals surface area contributed by atoms with Gasteiger partial charge in [-0.3, -0.25) is 9.59 Å². The molecule has 9 heteroatoms. The predicted octanol–water partition coefficient (Wildman–Crippen LogP) is 6.27. The zero-order valence-electron chi connectivity index (χ0n) is 20.5. The monoisotopic (exact) mass is 664 g/mol. The number of rotatable bonds is 4. The molecule has 0 bridgehead atoms. The lowest BCUT2D eigenvalue weighted by Gasteiger charge is -2.49. The maximum Gasteiger partial charge on any atom is 0.237 e. The van der Waals surface area contributed by atoms with Crippen molar-refractivity contribution in [1.82, 2.24) is 5.32 Å². The first-order chi connectivity index (χ1) is 18.4. The lowest BCUT2D eigenvalue weighted by atomic mass is 9.57. The molecule has 1 spiro atoms. The molecule has 198 valence electrons. The molecule has 6 nitrogen and oxygen atoms in total. The lowest BCUT2D eigenvalue weighted by Crippen LogP contribution is -2.59. The van der Waals surface area contributed by atoms with Gasteiger partial charge in [-0.05, 0) is 82.8 Å². The molecule has 38 heavy (non-hydrogen) atoms. The van der Waals surface area contributed by atoms with E-state index < -0.39 is 11.5 Å². The van der Waals surface area contributed by atoms with E-state index in [-0.39, 0.29) is 36.2 Å². The number of carbonyl (C=O) groups is 2. The van der Waals surface area contributed by atoms with E-state index in [0.29, 0.717) is 41.1 Å². The van der Waals surface area contributed by atoms with Gasteiger partial charge in [0.15, 0.2) is 0 Å². The van der Waals surface area contributed by atoms with Crippen molar-refractivity contribution in [2.24, 2.45) is 11.8 Å². The summed E-state index contributed by atoms with van der Waals surface area (Å²) in [5.41, 5.74) is 1.21. The molecular formula is C29H27Cl2IN2O4. The lowest BCUT2D eigenvalue weighted by molar-refractivity contribution is -0.135. The van der Waals surface area contributed by atoms with E-state index in [2.05, 4.69) is 39.3 Å². The molecule has 4 atom stereocenters. The first-order valence-corrected chi connectivity index (χ1v) is 14.7. The Morgan fingerprint density at radius 2 is 1.87 bits per heavy atom. The minimum Gasteiger partial charge on any atom is -0.490 e. The number of ether oxygens (including phenoxy) is 2. The molecule has 2 amide bonds. The highest BCUT2D eigenvalue weighted by Gasteiger charge is 2.62. The van der Waals surface area contributed by atoms with Crippen LogP contribution in [0.3, 0.4) is 0 Å². The van der Waals surface area contributed by atoms with Crippen molar-refractivity contribution >= 4 is 63.3 Å². The van der Waals surface area contributed by atoms with Gasteiger partial charge < -0.3 is 20.1 Å². The first kappa shape index (κ1) is 26.2. The van der Waals surface area contributed by atoms with E-state index in [0.717, 1.165) is 27.5 Å². The van der Waals surface area contributed by atoms with E-state index in [1.165, 1.54) is 0 Å². The summed E-state index contributed by atoms with van der Waals surface area (Å²) in [7, 11) is 0. The summed E-state index contributed by atoms with van der Waals surface area (Å²) in [5.74, 6) is -0.0160. The van der Waals surface area contributed by atoms with Crippen LogP contribution in [0.1, 0.15) is 42.9 Å². The number of amides is 2. The van der Waals surface area contributed by atoms with Crippen LogP contribution in [-0.4, -0.2) is 31.1 Å². The molecule has 2 aromatic carbocycles. The van der Waals surface area contributed by atoms with Crippen LogP contribution in [0.15, 0.2) is 59.7 Å². The fraction of sp³-hybridized carbons (Fsp3) is 0.379. The Bertz CT molecular complexity index is 1360. The van der Waals surface area contributed by atoms with Crippen LogP contribution in [0.2, 0.25) is 5.02 Å². The highest BCUT2D eigenvalue weighted by molar-refractivity contribution is 14.1. The summed E-state index contributed by atoms with van der Waals surface area (Å²) < 4.78 is 13.1. The largest absolute Gasteiger partial charge is 0.490 e. The van der Waals surface area contributed by atoms with E-state index in [1.807, 2.05) is 42.5 Å². The van der Waals surface area contributed by atoms with Crippen LogP contribution in [0.25, 0.3) is 0 Å². The van der Waals surface area contributed by atoms with Crippen molar-refractivity contribution in [3.8, 4) is 5.75 Å². The summed E-state index contributed by atoms with van der Waals surface area (Å²) in [4.78, 5) is 27.7. The SMILES string of the molecule is O=C1C[C@@H](C2C=CC=C(Cl)C2)[C@]2(C(=O)Nc3cc(Cl)ccc32)[C@H](c2cc(I)ccc2OC2CCOCC2)N1. The number of nitrogens with one attached hydrogen (secondary N) is 2. The second kappa shape index (κ2) is 10.5. The molecule has 1 unspecified atom stereocenters. The van der Waals surface area contributed by atoms with E-state index in [1.54, 1.807) is 6.07 Å². The van der Waals surface area contributed by atoms with Crippen LogP contribution in [0, 0.1) is 15.4 Å². The maximum atomic E-state index is 14.3. The molecule has 2 N–H and O–H groups in total. The fourth-order valence-corrected chi connectivity index (χ4v) is 7.41. The summed E-state index contributed by atoms with van der Waals surface area (Å²) in [6, 6.07) is 10.8. The number of fused-ring (bicyclic) bond motifs is 2. The molecule has 2 saturated heterocycles. The summed E-state index contributed by atoms with van der Waals surface area (Å²) in [6.07, 6.45) is 8.21. The van der Waals surface area contributed by atoms with Gasteiger partial charge in [-0.25, -0.2) is 0 Å². The average molecular weight is 665 g/mol. The topological polar surface area (TPSA) is 76.7 Å². The second-order valence-corrected chi connectivity index (χ2v) is 12.5. The Labute approximate surface area is 245 Å². The molecule has 3 heterocycles. The van der Waals surface area contributed by atoms with Crippen LogP contribution >= 0.6 is 45.8 Å². The molecular weight excluding hydrogens is 638 g/mol. The van der Waals surface area contributed by atoms with Crippen molar-refractivity contribution in [1.29, 1.82) is 0 Å². The molecule has 0 saturated carbocycles. The number of benzene rings is 2. The van der Waals surface area contributed by atoms with E-state index >= 15 is 0 Å². The fourth-order valence-electron chi connectivity index (χ4n) is 6.47. The highest BCUT2D eigenvalue weighted by Crippen LogP contribution is 2.58. The molecule has 6 rings (SSSR count). The van der Waals surface area contributed by atoms with Crippen molar-refractivity contribution < 1.29 is 19.1 Å². The van der Waals surface area contributed by atoms with Crippen molar-refractivity contribution in [2.45, 2.75) is 43.2 Å². The molecule has 0 radical (unpaired) electrons. The minimum absolute atomic E-state index is 0.00215. The van der Waals surface area contributed by atoms with Crippen molar-refractivity contribution in [2.75, 3.05) is 18.5 Å². The third kappa shape index (κ3) is 4.55. The van der Waals surface area contributed by atoms with Crippen molar-refractivity contribution in [3.63, 3.8) is 0 Å². The van der Waals surface area contributed by atoms with Gasteiger partial charge in [0.2, 0.25) is 11.8 Å². The van der Waals surface area contributed by atoms with Gasteiger partial charge in [0.25, 0.3) is 0 Å². The zero-order chi connectivity index (χ0) is 26.4. The standard InChI is InChI=1S/C29H27Cl2IN2O4/c30-17-3-1-2-16(12-17)23-15-26(35)34-27(29(23)22-6-4-18(31)13-24(22)33-28(29)36)21-14-19(32)5-7-25(21)38-20-8-10-37-11-9-20/h1-7,13-14,16,20,23,27H,8-12,15H2,(H,33,36)(H,34,35)/t16?,23-,27-,29-/m0/s1. The number of halogens is 3. The molecule has 1 aliphatic carbocycles. The zero-order valence-corrected chi connectivity index (χ0v) is 24.2. The smallest absolute Gasteiger partial charge is 0.237 e. The Morgan fingerprint density at radius 3 is 2.66 bits per heavy atom. The van der Waals surface area contributed by atoms with Gasteiger partial charge in [0.05, 0.1) is 19.3 Å². The van der Waals surface area contributed by atoms with Crippen LogP contribution in [-0.2, 0) is 19.7 Å². The molecule has 3 aliphatic heterocycles. The van der Waals surface area contributed by atoms with E-state index in [9.17, 15) is 9.59 Å². The highest BCUT2D eigenvalue weighted by atomic mass is 127. The van der Waals surface area contributed by atoms with E-state index in [4.69, 9.17) is 32.7 Å². The number of allylic oxidation sites excluding steroid dienone is 4. The Morgan fingerprint density at radius 1 is 1.05 bits per heavy atom. The van der Waals surface area contributed by atoms with Crippen LogP contribution in [0.4, 0.5) is 5.69 Å². The number of carbonyl (C=O) groups excluding carboxylic acids is 2. The van der Waals surface area contributed by atoms with Gasteiger partial charge in [-0.15, -0.1) is 0 Å². The summed E-state index contributed by atoms with van der Waals surface area (Å²) in [5, 5.41) is 7.58. The summed E-state index contributed by atoms with van der Waals surface area (Å²) in [6.45, 7) is 1.30. The second-order valence-electron chi connectivity index (χ2n) is 10.3. The molecule has 2 fully saturated rings. The van der Waals surface area contributed by atoms with Gasteiger partial charge in [0.1, 0.15) is 17.3 Å². The minimum atomic E-state index is -1.09. The Balaban J connectivity index is 1.54. The first-order valence-electron chi connectivity index (χ1n) is 12.8. The van der Waals surface area contributed by atoms with Gasteiger partial charge >= 0.3 is 0 Å².